The van der Waals surface area contributed by atoms with Crippen LogP contribution in [0, 0.1) is 6.92 Å². The summed E-state index contributed by atoms with van der Waals surface area (Å²) in [6.45, 7) is 5.17. The fraction of sp³-hybridized carbons (Fsp3) is 0.300. The summed E-state index contributed by atoms with van der Waals surface area (Å²) in [6, 6.07) is 11.6. The zero-order chi connectivity index (χ0) is 19.1. The Morgan fingerprint density at radius 3 is 2.75 bits per heavy atom. The van der Waals surface area contributed by atoms with Crippen molar-refractivity contribution in [2.75, 3.05) is 43.2 Å². The second-order valence-electron chi connectivity index (χ2n) is 6.89. The second-order valence-corrected chi connectivity index (χ2v) is 7.90. The van der Waals surface area contributed by atoms with E-state index < -0.39 is 0 Å². The van der Waals surface area contributed by atoms with Gasteiger partial charge in [0.1, 0.15) is 0 Å². The Morgan fingerprint density at radius 1 is 1.11 bits per heavy atom. The number of aryl methyl sites for hydroxylation is 1. The molecule has 3 heterocycles. The van der Waals surface area contributed by atoms with Gasteiger partial charge in [-0.05, 0) is 30.7 Å². The molecule has 1 fully saturated rings. The average Bonchev–Trinajstić information content (AvgIpc) is 3.35. The van der Waals surface area contributed by atoms with E-state index in [9.17, 15) is 4.79 Å². The minimum atomic E-state index is -0.0985. The predicted octanol–water partition coefficient (Wildman–Crippen LogP) is 3.69. The fourth-order valence-electron chi connectivity index (χ4n) is 3.49. The number of nitrogens with one attached hydrogen (secondary N) is 1. The number of nitrogens with zero attached hydrogens (tertiary/aromatic N) is 3. The number of urea groups is 1. The molecule has 28 heavy (non-hydrogen) atoms. The summed E-state index contributed by atoms with van der Waals surface area (Å²) in [7, 11) is 0. The molecule has 7 nitrogen and oxygen atoms in total. The number of thiazole rings is 1. The highest BCUT2D eigenvalue weighted by Gasteiger charge is 2.24. The number of carbonyl (C=O) groups is 1. The molecule has 2 amide bonds. The normalized spacial score (nSPS) is 15.9. The largest absolute Gasteiger partial charge is 0.454 e. The van der Waals surface area contributed by atoms with E-state index in [4.69, 9.17) is 14.5 Å². The topological polar surface area (TPSA) is 66.9 Å². The third-order valence-electron chi connectivity index (χ3n) is 5.07. The van der Waals surface area contributed by atoms with E-state index >= 15 is 0 Å². The molecule has 2 aliphatic heterocycles. The lowest BCUT2D eigenvalue weighted by atomic mass is 10.2. The third kappa shape index (κ3) is 3.09. The molecular formula is C20H20N4O3S. The second kappa shape index (κ2) is 6.87. The van der Waals surface area contributed by atoms with Crippen LogP contribution in [0.2, 0.25) is 0 Å². The minimum Gasteiger partial charge on any atom is -0.454 e. The van der Waals surface area contributed by atoms with Crippen molar-refractivity contribution in [1.29, 1.82) is 0 Å². The van der Waals surface area contributed by atoms with Gasteiger partial charge in [-0.15, -0.1) is 0 Å². The zero-order valence-electron chi connectivity index (χ0n) is 15.5. The molecule has 8 heteroatoms. The van der Waals surface area contributed by atoms with E-state index in [-0.39, 0.29) is 12.8 Å². The van der Waals surface area contributed by atoms with Crippen LogP contribution in [-0.4, -0.2) is 48.9 Å². The van der Waals surface area contributed by atoms with Crippen LogP contribution in [0.25, 0.3) is 10.2 Å². The van der Waals surface area contributed by atoms with Crippen molar-refractivity contribution in [3.63, 3.8) is 0 Å². The molecule has 2 aliphatic rings. The Bertz CT molecular complexity index is 1040. The number of para-hydroxylation sites is 1. The quantitative estimate of drug-likeness (QED) is 0.716. The van der Waals surface area contributed by atoms with Gasteiger partial charge in [-0.1, -0.05) is 23.5 Å². The Balaban J connectivity index is 1.22. The molecule has 5 rings (SSSR count). The van der Waals surface area contributed by atoms with Crippen LogP contribution in [0.3, 0.4) is 0 Å². The van der Waals surface area contributed by atoms with Crippen molar-refractivity contribution >= 4 is 38.4 Å². The van der Waals surface area contributed by atoms with Gasteiger partial charge < -0.3 is 24.6 Å². The molecule has 144 valence electrons. The lowest BCUT2D eigenvalue weighted by Gasteiger charge is -2.34. The van der Waals surface area contributed by atoms with Crippen molar-refractivity contribution in [2.45, 2.75) is 6.92 Å². The van der Waals surface area contributed by atoms with E-state index in [0.717, 1.165) is 23.7 Å². The number of amides is 2. The Kier molecular flexibility index (Phi) is 4.20. The van der Waals surface area contributed by atoms with E-state index in [1.807, 2.05) is 17.0 Å². The molecule has 0 bridgehead atoms. The van der Waals surface area contributed by atoms with Crippen molar-refractivity contribution in [3.05, 3.63) is 42.0 Å². The molecule has 1 saturated heterocycles. The van der Waals surface area contributed by atoms with Crippen molar-refractivity contribution in [2.24, 2.45) is 0 Å². The summed E-state index contributed by atoms with van der Waals surface area (Å²) < 4.78 is 11.9. The number of hydrogen-bond donors (Lipinski definition) is 1. The summed E-state index contributed by atoms with van der Waals surface area (Å²) in [5.41, 5.74) is 2.98. The van der Waals surface area contributed by atoms with Crippen LogP contribution in [0.1, 0.15) is 5.56 Å². The maximum absolute atomic E-state index is 12.6. The molecule has 1 aromatic heterocycles. The van der Waals surface area contributed by atoms with Crippen LogP contribution in [0.5, 0.6) is 11.5 Å². The minimum absolute atomic E-state index is 0.0985. The number of ether oxygens (including phenoxy) is 2. The number of aromatic nitrogens is 1. The van der Waals surface area contributed by atoms with Crippen molar-refractivity contribution < 1.29 is 14.3 Å². The van der Waals surface area contributed by atoms with Gasteiger partial charge in [0.2, 0.25) is 6.79 Å². The number of hydrogen-bond acceptors (Lipinski definition) is 6. The van der Waals surface area contributed by atoms with Crippen LogP contribution in [0.4, 0.5) is 15.6 Å². The van der Waals surface area contributed by atoms with E-state index in [0.29, 0.717) is 30.3 Å². The zero-order valence-corrected chi connectivity index (χ0v) is 16.3. The fourth-order valence-corrected chi connectivity index (χ4v) is 4.58. The predicted molar refractivity (Wildman–Crippen MR) is 110 cm³/mol. The molecule has 0 unspecified atom stereocenters. The van der Waals surface area contributed by atoms with E-state index in [1.54, 1.807) is 17.4 Å². The first-order chi connectivity index (χ1) is 13.7. The van der Waals surface area contributed by atoms with Crippen LogP contribution in [0.15, 0.2) is 36.4 Å². The van der Waals surface area contributed by atoms with Crippen LogP contribution in [-0.2, 0) is 0 Å². The molecule has 0 atom stereocenters. The van der Waals surface area contributed by atoms with E-state index in [1.165, 1.54) is 10.3 Å². The van der Waals surface area contributed by atoms with Gasteiger partial charge in [-0.3, -0.25) is 0 Å². The molecule has 0 aliphatic carbocycles. The maximum atomic E-state index is 12.6. The number of fused-ring (bicyclic) bond motifs is 2. The number of benzene rings is 2. The highest BCUT2D eigenvalue weighted by atomic mass is 32.1. The Hall–Kier alpha value is -3.00. The first-order valence-corrected chi connectivity index (χ1v) is 10.1. The lowest BCUT2D eigenvalue weighted by molar-refractivity contribution is 0.174. The van der Waals surface area contributed by atoms with Gasteiger partial charge in [-0.2, -0.15) is 0 Å². The SMILES string of the molecule is Cc1cccc2sc(N3CCN(C(=O)Nc4ccc5c(c4)OCO5)CC3)nc12. The highest BCUT2D eigenvalue weighted by molar-refractivity contribution is 7.22. The first kappa shape index (κ1) is 17.1. The molecule has 0 saturated carbocycles. The summed E-state index contributed by atoms with van der Waals surface area (Å²) in [4.78, 5) is 21.5. The van der Waals surface area contributed by atoms with Crippen LogP contribution < -0.4 is 19.7 Å². The monoisotopic (exact) mass is 396 g/mol. The van der Waals surface area contributed by atoms with Gasteiger partial charge in [0, 0.05) is 37.9 Å². The van der Waals surface area contributed by atoms with Crippen LogP contribution >= 0.6 is 11.3 Å². The lowest BCUT2D eigenvalue weighted by Crippen LogP contribution is -2.50. The molecule has 0 radical (unpaired) electrons. The smallest absolute Gasteiger partial charge is 0.321 e. The highest BCUT2D eigenvalue weighted by Crippen LogP contribution is 2.34. The molecular weight excluding hydrogens is 376 g/mol. The van der Waals surface area contributed by atoms with Gasteiger partial charge in [-0.25, -0.2) is 9.78 Å². The maximum Gasteiger partial charge on any atom is 0.321 e. The average molecular weight is 396 g/mol. The third-order valence-corrected chi connectivity index (χ3v) is 6.15. The van der Waals surface area contributed by atoms with Gasteiger partial charge >= 0.3 is 6.03 Å². The van der Waals surface area contributed by atoms with E-state index in [2.05, 4.69) is 35.3 Å². The molecule has 1 N–H and O–H groups in total. The number of anilines is 2. The van der Waals surface area contributed by atoms with Gasteiger partial charge in [0.25, 0.3) is 0 Å². The summed E-state index contributed by atoms with van der Waals surface area (Å²) in [5.74, 6) is 1.37. The molecule has 2 aromatic carbocycles. The summed E-state index contributed by atoms with van der Waals surface area (Å²) >= 11 is 1.71. The van der Waals surface area contributed by atoms with Crippen molar-refractivity contribution in [1.82, 2.24) is 9.88 Å². The van der Waals surface area contributed by atoms with Gasteiger partial charge in [0.15, 0.2) is 16.6 Å². The number of carbonyl (C=O) groups excluding carboxylic acids is 1. The standard InChI is InChI=1S/C20H20N4O3S/c1-13-3-2-4-17-18(13)22-20(28-17)24-9-7-23(8-10-24)19(25)21-14-5-6-15-16(11-14)27-12-26-15/h2-6,11H,7-10,12H2,1H3,(H,21,25). The Labute approximate surface area is 166 Å². The summed E-state index contributed by atoms with van der Waals surface area (Å²) in [5, 5.41) is 3.97. The number of piperazine rings is 1. The Morgan fingerprint density at radius 2 is 1.93 bits per heavy atom. The first-order valence-electron chi connectivity index (χ1n) is 9.24. The molecule has 0 spiro atoms. The summed E-state index contributed by atoms with van der Waals surface area (Å²) in [6.07, 6.45) is 0. The molecule has 3 aromatic rings. The van der Waals surface area contributed by atoms with Crippen molar-refractivity contribution in [3.8, 4) is 11.5 Å². The van der Waals surface area contributed by atoms with Gasteiger partial charge in [0.05, 0.1) is 10.2 Å². The number of rotatable bonds is 2.